The van der Waals surface area contributed by atoms with Crippen molar-refractivity contribution in [3.05, 3.63) is 29.3 Å². The molecule has 3 aliphatic rings. The number of ether oxygens (including phenoxy) is 2. The van der Waals surface area contributed by atoms with E-state index in [0.29, 0.717) is 37.8 Å². The Kier molecular flexibility index (Phi) is 4.34. The van der Waals surface area contributed by atoms with Gasteiger partial charge in [-0.05, 0) is 32.4 Å². The average Bonchev–Trinajstić information content (AvgIpc) is 3.04. The average molecular weight is 356 g/mol. The first kappa shape index (κ1) is 16.9. The van der Waals surface area contributed by atoms with Crippen molar-refractivity contribution in [3.8, 4) is 11.5 Å². The third-order valence-corrected chi connectivity index (χ3v) is 5.54. The quantitative estimate of drug-likeness (QED) is 0.764. The van der Waals surface area contributed by atoms with Crippen molar-refractivity contribution in [3.63, 3.8) is 0 Å². The second-order valence-corrected chi connectivity index (χ2v) is 7.30. The number of amides is 2. The molecule has 0 saturated carbocycles. The molecule has 1 fully saturated rings. The number of hydrogen-bond donors (Lipinski definition) is 0. The van der Waals surface area contributed by atoms with Gasteiger partial charge in [0.2, 0.25) is 11.8 Å². The second-order valence-electron chi connectivity index (χ2n) is 7.30. The molecule has 1 atom stereocenters. The Bertz CT molecular complexity index is 786. The van der Waals surface area contributed by atoms with Crippen LogP contribution in [0.2, 0.25) is 0 Å². The minimum absolute atomic E-state index is 0.0134. The van der Waals surface area contributed by atoms with Crippen LogP contribution in [0.4, 0.5) is 5.69 Å². The minimum atomic E-state index is -0.276. The van der Waals surface area contributed by atoms with Crippen molar-refractivity contribution in [1.29, 1.82) is 0 Å². The molecule has 1 saturated heterocycles. The monoisotopic (exact) mass is 356 g/mol. The van der Waals surface area contributed by atoms with E-state index in [2.05, 4.69) is 13.8 Å². The standard InChI is InChI=1S/C20H24N2O4/c1-13-5-6-21(11-14(13)2)20(24)15-9-19(23)22(12-15)16-3-4-17-18(10-16)26-8-7-25-17/h3-4,10,15H,5-9,11-12H2,1-2H3. The summed E-state index contributed by atoms with van der Waals surface area (Å²) in [6.07, 6.45) is 1.19. The molecule has 3 heterocycles. The lowest BCUT2D eigenvalue weighted by atomic mass is 10.00. The van der Waals surface area contributed by atoms with E-state index in [1.165, 1.54) is 11.1 Å². The van der Waals surface area contributed by atoms with Crippen LogP contribution in [0.15, 0.2) is 29.3 Å². The Morgan fingerprint density at radius 1 is 1.12 bits per heavy atom. The lowest BCUT2D eigenvalue weighted by Gasteiger charge is -2.30. The van der Waals surface area contributed by atoms with Gasteiger partial charge in [-0.2, -0.15) is 0 Å². The first-order valence-electron chi connectivity index (χ1n) is 9.17. The molecule has 0 radical (unpaired) electrons. The Balaban J connectivity index is 1.48. The van der Waals surface area contributed by atoms with Crippen molar-refractivity contribution in [1.82, 2.24) is 4.90 Å². The molecule has 0 bridgehead atoms. The molecular formula is C20H24N2O4. The normalized spacial score (nSPS) is 22.8. The molecule has 6 nitrogen and oxygen atoms in total. The zero-order valence-electron chi connectivity index (χ0n) is 15.3. The van der Waals surface area contributed by atoms with Gasteiger partial charge in [-0.15, -0.1) is 0 Å². The second kappa shape index (κ2) is 6.67. The van der Waals surface area contributed by atoms with E-state index >= 15 is 0 Å². The summed E-state index contributed by atoms with van der Waals surface area (Å²) in [5.41, 5.74) is 3.40. The van der Waals surface area contributed by atoms with Crippen molar-refractivity contribution >= 4 is 17.5 Å². The van der Waals surface area contributed by atoms with Gasteiger partial charge < -0.3 is 19.3 Å². The van der Waals surface area contributed by atoms with Crippen LogP contribution in [0.25, 0.3) is 0 Å². The van der Waals surface area contributed by atoms with E-state index in [0.717, 1.165) is 18.7 Å². The largest absolute Gasteiger partial charge is 0.486 e. The predicted molar refractivity (Wildman–Crippen MR) is 97.5 cm³/mol. The van der Waals surface area contributed by atoms with E-state index in [-0.39, 0.29) is 24.2 Å². The van der Waals surface area contributed by atoms with Gasteiger partial charge in [0.05, 0.1) is 5.92 Å². The molecule has 2 amide bonds. The zero-order chi connectivity index (χ0) is 18.3. The highest BCUT2D eigenvalue weighted by atomic mass is 16.6. The van der Waals surface area contributed by atoms with Crippen LogP contribution in [0, 0.1) is 5.92 Å². The van der Waals surface area contributed by atoms with Gasteiger partial charge in [0.1, 0.15) is 13.2 Å². The number of anilines is 1. The van der Waals surface area contributed by atoms with E-state index < -0.39 is 0 Å². The Hall–Kier alpha value is -2.50. The van der Waals surface area contributed by atoms with Crippen molar-refractivity contribution in [2.75, 3.05) is 37.7 Å². The highest BCUT2D eigenvalue weighted by molar-refractivity contribution is 6.00. The molecule has 3 aliphatic heterocycles. The molecule has 0 aromatic heterocycles. The van der Waals surface area contributed by atoms with Crippen LogP contribution in [0.5, 0.6) is 11.5 Å². The molecule has 0 N–H and O–H groups in total. The molecule has 1 aromatic rings. The maximum Gasteiger partial charge on any atom is 0.228 e. The van der Waals surface area contributed by atoms with Crippen molar-refractivity contribution < 1.29 is 19.1 Å². The van der Waals surface area contributed by atoms with Crippen LogP contribution in [-0.2, 0) is 9.59 Å². The van der Waals surface area contributed by atoms with E-state index in [1.807, 2.05) is 23.1 Å². The lowest BCUT2D eigenvalue weighted by Crippen LogP contribution is -2.41. The lowest BCUT2D eigenvalue weighted by molar-refractivity contribution is -0.135. The maximum atomic E-state index is 12.9. The topological polar surface area (TPSA) is 59.1 Å². The Morgan fingerprint density at radius 3 is 2.65 bits per heavy atom. The van der Waals surface area contributed by atoms with Crippen LogP contribution >= 0.6 is 0 Å². The van der Waals surface area contributed by atoms with E-state index in [4.69, 9.17) is 9.47 Å². The number of carbonyl (C=O) groups is 2. The van der Waals surface area contributed by atoms with Crippen molar-refractivity contribution in [2.24, 2.45) is 5.92 Å². The summed E-state index contributed by atoms with van der Waals surface area (Å²) in [6, 6.07) is 5.51. The summed E-state index contributed by atoms with van der Waals surface area (Å²) >= 11 is 0. The Morgan fingerprint density at radius 2 is 1.88 bits per heavy atom. The maximum absolute atomic E-state index is 12.9. The van der Waals surface area contributed by atoms with Gasteiger partial charge in [0.25, 0.3) is 0 Å². The first-order chi connectivity index (χ1) is 12.5. The zero-order valence-corrected chi connectivity index (χ0v) is 15.3. The van der Waals surface area contributed by atoms with E-state index in [1.54, 1.807) is 4.90 Å². The Labute approximate surface area is 153 Å². The van der Waals surface area contributed by atoms with Crippen LogP contribution in [0.3, 0.4) is 0 Å². The summed E-state index contributed by atoms with van der Waals surface area (Å²) < 4.78 is 11.1. The highest BCUT2D eigenvalue weighted by Crippen LogP contribution is 2.36. The van der Waals surface area contributed by atoms with Gasteiger partial charge >= 0.3 is 0 Å². The molecular weight excluding hydrogens is 332 g/mol. The highest BCUT2D eigenvalue weighted by Gasteiger charge is 2.38. The molecule has 0 aliphatic carbocycles. The van der Waals surface area contributed by atoms with Gasteiger partial charge in [0.15, 0.2) is 11.5 Å². The number of nitrogens with zero attached hydrogens (tertiary/aromatic N) is 2. The summed E-state index contributed by atoms with van der Waals surface area (Å²) in [4.78, 5) is 29.0. The molecule has 4 rings (SSSR count). The number of hydrogen-bond acceptors (Lipinski definition) is 4. The molecule has 138 valence electrons. The SMILES string of the molecule is CC1=C(C)CN(C(=O)C2CC(=O)N(c3ccc4c(c3)OCCO4)C2)CC1. The minimum Gasteiger partial charge on any atom is -0.486 e. The smallest absolute Gasteiger partial charge is 0.228 e. The molecule has 1 unspecified atom stereocenters. The van der Waals surface area contributed by atoms with E-state index in [9.17, 15) is 9.59 Å². The number of benzene rings is 1. The van der Waals surface area contributed by atoms with Gasteiger partial charge in [-0.25, -0.2) is 0 Å². The first-order valence-corrected chi connectivity index (χ1v) is 9.17. The number of carbonyl (C=O) groups excluding carboxylic acids is 2. The molecule has 0 spiro atoms. The fraction of sp³-hybridized carbons (Fsp3) is 0.500. The summed E-state index contributed by atoms with van der Waals surface area (Å²) in [7, 11) is 0. The molecule has 26 heavy (non-hydrogen) atoms. The van der Waals surface area contributed by atoms with Gasteiger partial charge in [-0.1, -0.05) is 11.1 Å². The van der Waals surface area contributed by atoms with Crippen LogP contribution < -0.4 is 14.4 Å². The number of fused-ring (bicyclic) bond motifs is 1. The third kappa shape index (κ3) is 3.04. The van der Waals surface area contributed by atoms with Crippen LogP contribution in [-0.4, -0.2) is 49.6 Å². The van der Waals surface area contributed by atoms with Crippen molar-refractivity contribution in [2.45, 2.75) is 26.7 Å². The summed E-state index contributed by atoms with van der Waals surface area (Å²) in [6.45, 7) is 7.10. The van der Waals surface area contributed by atoms with Gasteiger partial charge in [-0.3, -0.25) is 9.59 Å². The predicted octanol–water partition coefficient (Wildman–Crippen LogP) is 2.38. The fourth-order valence-corrected chi connectivity index (χ4v) is 3.79. The molecule has 1 aromatic carbocycles. The summed E-state index contributed by atoms with van der Waals surface area (Å²) in [5.74, 6) is 1.15. The fourth-order valence-electron chi connectivity index (χ4n) is 3.79. The molecule has 6 heteroatoms. The van der Waals surface area contributed by atoms with Gasteiger partial charge in [0, 0.05) is 37.8 Å². The summed E-state index contributed by atoms with van der Waals surface area (Å²) in [5, 5.41) is 0. The number of rotatable bonds is 2. The third-order valence-electron chi connectivity index (χ3n) is 5.54. The van der Waals surface area contributed by atoms with Crippen LogP contribution in [0.1, 0.15) is 26.7 Å².